The highest BCUT2D eigenvalue weighted by molar-refractivity contribution is 7.91. The van der Waals surface area contributed by atoms with Gasteiger partial charge < -0.3 is 10.2 Å². The molecule has 1 aromatic carbocycles. The highest BCUT2D eigenvalue weighted by Crippen LogP contribution is 2.31. The Kier molecular flexibility index (Phi) is 2.60. The van der Waals surface area contributed by atoms with Crippen molar-refractivity contribution < 1.29 is 8.42 Å². The van der Waals surface area contributed by atoms with Gasteiger partial charge in [0, 0.05) is 5.69 Å². The van der Waals surface area contributed by atoms with Crippen molar-refractivity contribution in [1.29, 1.82) is 0 Å². The number of nitrogens with one attached hydrogen (secondary N) is 1. The van der Waals surface area contributed by atoms with E-state index >= 15 is 0 Å². The van der Waals surface area contributed by atoms with Gasteiger partial charge in [0.2, 0.25) is 0 Å². The van der Waals surface area contributed by atoms with E-state index < -0.39 is 9.84 Å². The summed E-state index contributed by atoms with van der Waals surface area (Å²) in [7, 11) is -2.95. The van der Waals surface area contributed by atoms with E-state index in [2.05, 4.69) is 5.32 Å². The maximum Gasteiger partial charge on any atom is 0.174 e. The molecule has 0 radical (unpaired) electrons. The van der Waals surface area contributed by atoms with Crippen LogP contribution in [0.15, 0.2) is 24.3 Å². The Morgan fingerprint density at radius 2 is 2.06 bits per heavy atom. The summed E-state index contributed by atoms with van der Waals surface area (Å²) >= 11 is 5.33. The molecule has 0 aliphatic carbocycles. The van der Waals surface area contributed by atoms with Gasteiger partial charge >= 0.3 is 0 Å². The normalized spacial score (nSPS) is 29.2. The van der Waals surface area contributed by atoms with E-state index in [1.165, 1.54) is 0 Å². The van der Waals surface area contributed by atoms with Crippen molar-refractivity contribution in [2.45, 2.75) is 19.0 Å². The van der Waals surface area contributed by atoms with Crippen molar-refractivity contribution in [3.05, 3.63) is 29.8 Å². The minimum absolute atomic E-state index is 0.0661. The van der Waals surface area contributed by atoms with E-state index in [1.54, 1.807) is 0 Å². The second kappa shape index (κ2) is 3.93. The molecule has 2 aliphatic rings. The number of benzene rings is 1. The van der Waals surface area contributed by atoms with Crippen molar-refractivity contribution in [2.24, 2.45) is 0 Å². The second-order valence-corrected chi connectivity index (χ2v) is 7.40. The number of para-hydroxylation sites is 1. The molecule has 2 fully saturated rings. The van der Waals surface area contributed by atoms with Gasteiger partial charge in [0.1, 0.15) is 0 Å². The van der Waals surface area contributed by atoms with Crippen LogP contribution in [0.1, 0.15) is 5.56 Å². The summed E-state index contributed by atoms with van der Waals surface area (Å²) in [5.74, 6) is 0.360. The molecule has 0 bridgehead atoms. The average Bonchev–Trinajstić information content (AvgIpc) is 2.70. The molecule has 0 unspecified atom stereocenters. The lowest BCUT2D eigenvalue weighted by Gasteiger charge is -2.24. The van der Waals surface area contributed by atoms with Gasteiger partial charge in [-0.1, -0.05) is 18.2 Å². The fraction of sp³-hybridized carbons (Fsp3) is 0.417. The van der Waals surface area contributed by atoms with Crippen LogP contribution in [0.3, 0.4) is 0 Å². The fourth-order valence-electron chi connectivity index (χ4n) is 2.72. The molecule has 0 amide bonds. The summed E-state index contributed by atoms with van der Waals surface area (Å²) in [5, 5.41) is 3.76. The minimum Gasteiger partial charge on any atom is -0.356 e. The highest BCUT2D eigenvalue weighted by Gasteiger charge is 2.47. The summed E-state index contributed by atoms with van der Waals surface area (Å²) in [4.78, 5) is 1.96. The molecule has 4 nitrogen and oxygen atoms in total. The molecular formula is C12H14N2O2S2. The lowest BCUT2D eigenvalue weighted by atomic mass is 10.1. The summed E-state index contributed by atoms with van der Waals surface area (Å²) in [6.07, 6.45) is 0. The first-order valence-corrected chi connectivity index (χ1v) is 8.07. The predicted octanol–water partition coefficient (Wildman–Crippen LogP) is 0.855. The van der Waals surface area contributed by atoms with Gasteiger partial charge in [0.05, 0.1) is 23.6 Å². The largest absolute Gasteiger partial charge is 0.356 e. The van der Waals surface area contributed by atoms with Crippen LogP contribution >= 0.6 is 12.2 Å². The van der Waals surface area contributed by atoms with Gasteiger partial charge in [-0.05, 0) is 30.8 Å². The molecule has 0 aromatic heterocycles. The Bertz CT molecular complexity index is 612. The number of hydrogen-bond acceptors (Lipinski definition) is 3. The third-order valence-corrected chi connectivity index (χ3v) is 5.59. The smallest absolute Gasteiger partial charge is 0.174 e. The first-order valence-electron chi connectivity index (χ1n) is 5.84. The molecule has 6 heteroatoms. The van der Waals surface area contributed by atoms with Crippen LogP contribution < -0.4 is 10.2 Å². The van der Waals surface area contributed by atoms with E-state index in [0.29, 0.717) is 5.11 Å². The van der Waals surface area contributed by atoms with E-state index in [4.69, 9.17) is 12.2 Å². The van der Waals surface area contributed by atoms with Crippen LogP contribution in [0.25, 0.3) is 0 Å². The SMILES string of the molecule is Cc1ccccc1N1C(=S)N[C@@H]2CS(=O)(=O)C[C@@H]21. The monoisotopic (exact) mass is 282 g/mol. The summed E-state index contributed by atoms with van der Waals surface area (Å²) < 4.78 is 23.4. The molecule has 0 saturated carbocycles. The van der Waals surface area contributed by atoms with Gasteiger partial charge in [-0.2, -0.15) is 0 Å². The fourth-order valence-corrected chi connectivity index (χ4v) is 5.00. The molecule has 3 rings (SSSR count). The Morgan fingerprint density at radius 1 is 1.33 bits per heavy atom. The number of nitrogens with zero attached hydrogens (tertiary/aromatic N) is 1. The standard InChI is InChI=1S/C12H14N2O2S2/c1-8-4-2-3-5-10(8)14-11-7-18(15,16)6-9(11)13-12(14)17/h2-5,9,11H,6-7H2,1H3,(H,13,17)/t9-,11+/m1/s1. The maximum absolute atomic E-state index is 11.7. The van der Waals surface area contributed by atoms with Crippen molar-refractivity contribution in [3.8, 4) is 0 Å². The second-order valence-electron chi connectivity index (χ2n) is 4.86. The van der Waals surface area contributed by atoms with Gasteiger partial charge in [0.15, 0.2) is 14.9 Å². The number of thiocarbonyl (C=S) groups is 1. The van der Waals surface area contributed by atoms with E-state index in [-0.39, 0.29) is 23.6 Å². The number of hydrogen-bond donors (Lipinski definition) is 1. The molecular weight excluding hydrogens is 268 g/mol. The number of sulfone groups is 1. The van der Waals surface area contributed by atoms with Crippen molar-refractivity contribution in [3.63, 3.8) is 0 Å². The molecule has 18 heavy (non-hydrogen) atoms. The predicted molar refractivity (Wildman–Crippen MR) is 75.6 cm³/mol. The molecule has 2 atom stereocenters. The number of rotatable bonds is 1. The third kappa shape index (κ3) is 1.80. The van der Waals surface area contributed by atoms with Gasteiger partial charge in [-0.25, -0.2) is 8.42 Å². The van der Waals surface area contributed by atoms with Crippen LogP contribution in [0.5, 0.6) is 0 Å². The van der Waals surface area contributed by atoms with Crippen LogP contribution in [0.4, 0.5) is 5.69 Å². The topological polar surface area (TPSA) is 49.4 Å². The zero-order chi connectivity index (χ0) is 12.9. The zero-order valence-corrected chi connectivity index (χ0v) is 11.6. The number of aryl methyl sites for hydroxylation is 1. The van der Waals surface area contributed by atoms with Gasteiger partial charge in [0.25, 0.3) is 0 Å². The first kappa shape index (κ1) is 11.9. The molecule has 0 spiro atoms. The van der Waals surface area contributed by atoms with Crippen LogP contribution in [0.2, 0.25) is 0 Å². The Morgan fingerprint density at radius 3 is 2.78 bits per heavy atom. The van der Waals surface area contributed by atoms with Crippen molar-refractivity contribution in [1.82, 2.24) is 5.32 Å². The lowest BCUT2D eigenvalue weighted by Crippen LogP contribution is -2.37. The molecule has 2 saturated heterocycles. The van der Waals surface area contributed by atoms with Crippen LogP contribution in [0, 0.1) is 6.92 Å². The van der Waals surface area contributed by atoms with Gasteiger partial charge in [-0.3, -0.25) is 0 Å². The van der Waals surface area contributed by atoms with Crippen LogP contribution in [-0.4, -0.2) is 37.1 Å². The van der Waals surface area contributed by atoms with E-state index in [0.717, 1.165) is 11.3 Å². The van der Waals surface area contributed by atoms with Crippen molar-refractivity contribution in [2.75, 3.05) is 16.4 Å². The average molecular weight is 282 g/mol. The minimum atomic E-state index is -2.95. The summed E-state index contributed by atoms with van der Waals surface area (Å²) in [6.45, 7) is 2.01. The number of fused-ring (bicyclic) bond motifs is 1. The quantitative estimate of drug-likeness (QED) is 0.774. The third-order valence-electron chi connectivity index (χ3n) is 3.56. The Hall–Kier alpha value is -1.14. The molecule has 1 aromatic rings. The Balaban J connectivity index is 2.02. The maximum atomic E-state index is 11.7. The zero-order valence-electron chi connectivity index (χ0n) is 9.96. The van der Waals surface area contributed by atoms with Crippen molar-refractivity contribution >= 4 is 32.9 Å². The van der Waals surface area contributed by atoms with Gasteiger partial charge in [-0.15, -0.1) is 0 Å². The summed E-state index contributed by atoms with van der Waals surface area (Å²) in [6, 6.07) is 7.77. The molecule has 2 heterocycles. The molecule has 96 valence electrons. The highest BCUT2D eigenvalue weighted by atomic mass is 32.2. The summed E-state index contributed by atoms with van der Waals surface area (Å²) in [5.41, 5.74) is 2.10. The van der Waals surface area contributed by atoms with E-state index in [1.807, 2.05) is 36.1 Å². The molecule has 2 aliphatic heterocycles. The lowest BCUT2D eigenvalue weighted by molar-refractivity contribution is 0.600. The number of anilines is 1. The van der Waals surface area contributed by atoms with Crippen LogP contribution in [-0.2, 0) is 9.84 Å². The molecule has 1 N–H and O–H groups in total. The Labute approximate surface area is 112 Å². The van der Waals surface area contributed by atoms with E-state index in [9.17, 15) is 8.42 Å². The first-order chi connectivity index (χ1) is 8.48.